The van der Waals surface area contributed by atoms with Crippen molar-refractivity contribution in [3.63, 3.8) is 0 Å². The minimum Gasteiger partial charge on any atom is -0.423 e. The van der Waals surface area contributed by atoms with E-state index in [1.165, 1.54) is 0 Å². The number of hydrogen-bond donors (Lipinski definition) is 0. The van der Waals surface area contributed by atoms with Crippen molar-refractivity contribution in [2.45, 2.75) is 6.42 Å². The van der Waals surface area contributed by atoms with Crippen molar-refractivity contribution in [1.82, 2.24) is 0 Å². The molecule has 0 spiro atoms. The molecule has 2 aromatic carbocycles. The van der Waals surface area contributed by atoms with E-state index in [9.17, 15) is 4.79 Å². The molecule has 0 atom stereocenters. The number of nitriles is 1. The molecule has 0 aromatic heterocycles. The molecule has 3 nitrogen and oxygen atoms in total. The predicted octanol–water partition coefficient (Wildman–Crippen LogP) is 2.97. The first-order valence-corrected chi connectivity index (χ1v) is 5.53. The summed E-state index contributed by atoms with van der Waals surface area (Å²) in [5, 5.41) is 8.55. The maximum atomic E-state index is 11.8. The van der Waals surface area contributed by atoms with Crippen LogP contribution in [0.3, 0.4) is 0 Å². The van der Waals surface area contributed by atoms with Crippen molar-refractivity contribution >= 4 is 5.97 Å². The lowest BCUT2D eigenvalue weighted by atomic mass is 10.1. The first-order chi connectivity index (χ1) is 8.79. The number of ether oxygens (including phenoxy) is 1. The average Bonchev–Trinajstić information content (AvgIpc) is 2.42. The van der Waals surface area contributed by atoms with E-state index in [0.717, 1.165) is 5.56 Å². The SMILES string of the molecule is N#CCc1ccc(OC(=O)c2ccccc2)cc1. The summed E-state index contributed by atoms with van der Waals surface area (Å²) in [6, 6.07) is 17.8. The van der Waals surface area contributed by atoms with Gasteiger partial charge in [-0.1, -0.05) is 30.3 Å². The Balaban J connectivity index is 2.06. The van der Waals surface area contributed by atoms with Gasteiger partial charge in [-0.15, -0.1) is 0 Å². The zero-order valence-electron chi connectivity index (χ0n) is 9.67. The average molecular weight is 237 g/mol. The summed E-state index contributed by atoms with van der Waals surface area (Å²) >= 11 is 0. The molecule has 0 aliphatic carbocycles. The third-order valence-corrected chi connectivity index (χ3v) is 2.43. The zero-order valence-corrected chi connectivity index (χ0v) is 9.67. The van der Waals surface area contributed by atoms with Crippen LogP contribution in [0.15, 0.2) is 54.6 Å². The van der Waals surface area contributed by atoms with Gasteiger partial charge in [0, 0.05) is 0 Å². The molecular weight excluding hydrogens is 226 g/mol. The van der Waals surface area contributed by atoms with Crippen molar-refractivity contribution in [2.75, 3.05) is 0 Å². The fourth-order valence-corrected chi connectivity index (χ4v) is 1.51. The summed E-state index contributed by atoms with van der Waals surface area (Å²) in [6.45, 7) is 0. The molecule has 0 saturated heterocycles. The molecule has 0 radical (unpaired) electrons. The molecule has 0 bridgehead atoms. The molecule has 0 saturated carbocycles. The number of rotatable bonds is 3. The molecule has 0 amide bonds. The summed E-state index contributed by atoms with van der Waals surface area (Å²) in [4.78, 5) is 11.8. The van der Waals surface area contributed by atoms with E-state index in [1.54, 1.807) is 48.5 Å². The molecule has 2 rings (SSSR count). The lowest BCUT2D eigenvalue weighted by molar-refractivity contribution is 0.0734. The molecule has 0 N–H and O–H groups in total. The van der Waals surface area contributed by atoms with Gasteiger partial charge < -0.3 is 4.74 Å². The number of nitrogens with zero attached hydrogens (tertiary/aromatic N) is 1. The standard InChI is InChI=1S/C15H11NO2/c16-11-10-12-6-8-14(9-7-12)18-15(17)13-4-2-1-3-5-13/h1-9H,10H2. The summed E-state index contributed by atoms with van der Waals surface area (Å²) < 4.78 is 5.21. The second-order valence-corrected chi connectivity index (χ2v) is 3.73. The smallest absolute Gasteiger partial charge is 0.343 e. The third kappa shape index (κ3) is 2.96. The van der Waals surface area contributed by atoms with E-state index < -0.39 is 0 Å². The Morgan fingerprint density at radius 1 is 1.06 bits per heavy atom. The van der Waals surface area contributed by atoms with Crippen LogP contribution < -0.4 is 4.74 Å². The monoisotopic (exact) mass is 237 g/mol. The van der Waals surface area contributed by atoms with Gasteiger partial charge in [0.1, 0.15) is 5.75 Å². The van der Waals surface area contributed by atoms with Gasteiger partial charge in [-0.3, -0.25) is 0 Å². The highest BCUT2D eigenvalue weighted by Gasteiger charge is 2.07. The molecule has 2 aromatic rings. The third-order valence-electron chi connectivity index (χ3n) is 2.43. The lowest BCUT2D eigenvalue weighted by Crippen LogP contribution is -2.07. The van der Waals surface area contributed by atoms with Crippen LogP contribution in [0.25, 0.3) is 0 Å². The van der Waals surface area contributed by atoms with Crippen LogP contribution in [0.2, 0.25) is 0 Å². The van der Waals surface area contributed by atoms with Crippen LogP contribution in [-0.4, -0.2) is 5.97 Å². The predicted molar refractivity (Wildman–Crippen MR) is 67.2 cm³/mol. The van der Waals surface area contributed by atoms with Crippen LogP contribution in [0.4, 0.5) is 0 Å². The maximum Gasteiger partial charge on any atom is 0.343 e. The Morgan fingerprint density at radius 2 is 1.72 bits per heavy atom. The minimum atomic E-state index is -0.386. The molecule has 0 aliphatic heterocycles. The van der Waals surface area contributed by atoms with Crippen LogP contribution in [0, 0.1) is 11.3 Å². The molecule has 18 heavy (non-hydrogen) atoms. The second kappa shape index (κ2) is 5.65. The van der Waals surface area contributed by atoms with Gasteiger partial charge in [-0.05, 0) is 29.8 Å². The first-order valence-electron chi connectivity index (χ1n) is 5.53. The fourth-order valence-electron chi connectivity index (χ4n) is 1.51. The number of esters is 1. The number of hydrogen-bond acceptors (Lipinski definition) is 3. The Hall–Kier alpha value is -2.60. The van der Waals surface area contributed by atoms with Gasteiger partial charge in [-0.25, -0.2) is 4.79 Å². The van der Waals surface area contributed by atoms with Crippen LogP contribution >= 0.6 is 0 Å². The highest BCUT2D eigenvalue weighted by molar-refractivity contribution is 5.90. The number of benzene rings is 2. The quantitative estimate of drug-likeness (QED) is 0.609. The van der Waals surface area contributed by atoms with Crippen LogP contribution in [0.1, 0.15) is 15.9 Å². The number of carbonyl (C=O) groups excluding carboxylic acids is 1. The van der Waals surface area contributed by atoms with E-state index in [2.05, 4.69) is 6.07 Å². The number of carbonyl (C=O) groups is 1. The van der Waals surface area contributed by atoms with Crippen molar-refractivity contribution < 1.29 is 9.53 Å². The molecular formula is C15H11NO2. The zero-order chi connectivity index (χ0) is 12.8. The van der Waals surface area contributed by atoms with E-state index >= 15 is 0 Å². The van der Waals surface area contributed by atoms with E-state index in [-0.39, 0.29) is 5.97 Å². The molecule has 88 valence electrons. The van der Waals surface area contributed by atoms with Crippen molar-refractivity contribution in [1.29, 1.82) is 5.26 Å². The van der Waals surface area contributed by atoms with Gasteiger partial charge >= 0.3 is 5.97 Å². The summed E-state index contributed by atoms with van der Waals surface area (Å²) in [5.41, 5.74) is 1.41. The normalized spacial score (nSPS) is 9.50. The Bertz CT molecular complexity index is 568. The van der Waals surface area contributed by atoms with Crippen LogP contribution in [-0.2, 0) is 6.42 Å². The Kier molecular flexibility index (Phi) is 3.72. The summed E-state index contributed by atoms with van der Waals surface area (Å²) in [5.74, 6) is 0.0918. The largest absolute Gasteiger partial charge is 0.423 e. The minimum absolute atomic E-state index is 0.354. The van der Waals surface area contributed by atoms with Crippen molar-refractivity contribution in [3.05, 3.63) is 65.7 Å². The lowest BCUT2D eigenvalue weighted by Gasteiger charge is -2.04. The van der Waals surface area contributed by atoms with Gasteiger partial charge in [0.2, 0.25) is 0 Å². The molecule has 0 heterocycles. The second-order valence-electron chi connectivity index (χ2n) is 3.73. The maximum absolute atomic E-state index is 11.8. The molecule has 0 fully saturated rings. The Morgan fingerprint density at radius 3 is 2.33 bits per heavy atom. The highest BCUT2D eigenvalue weighted by Crippen LogP contribution is 2.14. The molecule has 0 unspecified atom stereocenters. The fraction of sp³-hybridized carbons (Fsp3) is 0.0667. The van der Waals surface area contributed by atoms with Gasteiger partial charge in [0.15, 0.2) is 0 Å². The van der Waals surface area contributed by atoms with Gasteiger partial charge in [0.05, 0.1) is 18.1 Å². The van der Waals surface area contributed by atoms with Gasteiger partial charge in [-0.2, -0.15) is 5.26 Å². The van der Waals surface area contributed by atoms with E-state index in [1.807, 2.05) is 6.07 Å². The topological polar surface area (TPSA) is 50.1 Å². The summed E-state index contributed by atoms with van der Waals surface area (Å²) in [7, 11) is 0. The highest BCUT2D eigenvalue weighted by atomic mass is 16.5. The Labute approximate surface area is 105 Å². The first kappa shape index (κ1) is 11.9. The van der Waals surface area contributed by atoms with Crippen molar-refractivity contribution in [3.8, 4) is 11.8 Å². The van der Waals surface area contributed by atoms with Crippen molar-refractivity contribution in [2.24, 2.45) is 0 Å². The van der Waals surface area contributed by atoms with Crippen LogP contribution in [0.5, 0.6) is 5.75 Å². The summed E-state index contributed by atoms with van der Waals surface area (Å²) in [6.07, 6.45) is 0.354. The molecule has 0 aliphatic rings. The van der Waals surface area contributed by atoms with E-state index in [0.29, 0.717) is 17.7 Å². The molecule has 3 heteroatoms. The van der Waals surface area contributed by atoms with Gasteiger partial charge in [0.25, 0.3) is 0 Å². The van der Waals surface area contributed by atoms with E-state index in [4.69, 9.17) is 10.00 Å².